The van der Waals surface area contributed by atoms with E-state index in [0.29, 0.717) is 6.29 Å². The van der Waals surface area contributed by atoms with Crippen molar-refractivity contribution in [2.75, 3.05) is 7.11 Å². The Morgan fingerprint density at radius 1 is 1.03 bits per heavy atom. The predicted molar refractivity (Wildman–Crippen MR) is 107 cm³/mol. The number of methoxy groups -OCH3 is 1. The number of hydrogen-bond acceptors (Lipinski definition) is 10. The summed E-state index contributed by atoms with van der Waals surface area (Å²) in [4.78, 5) is 68.4. The highest BCUT2D eigenvalue weighted by Crippen LogP contribution is 2.43. The van der Waals surface area contributed by atoms with E-state index in [1.54, 1.807) is 0 Å². The lowest BCUT2D eigenvalue weighted by Crippen LogP contribution is -2.54. The van der Waals surface area contributed by atoms with E-state index in [2.05, 4.69) is 4.74 Å². The molecule has 1 aliphatic rings. The number of aldehydes is 1. The number of carbonyl (C=O) groups excluding carboxylic acids is 2. The molecule has 0 unspecified atom stereocenters. The van der Waals surface area contributed by atoms with Gasteiger partial charge in [0.15, 0.2) is 11.9 Å². The number of nitro benzene ring substituents is 1. The molecule has 1 heterocycles. The van der Waals surface area contributed by atoms with Gasteiger partial charge in [0, 0.05) is 29.9 Å². The summed E-state index contributed by atoms with van der Waals surface area (Å²) in [6, 6.07) is 3.15. The van der Waals surface area contributed by atoms with Crippen LogP contribution in [0.2, 0.25) is 0 Å². The minimum atomic E-state index is -1.70. The minimum Gasteiger partial charge on any atom is -0.481 e. The molecule has 5 atom stereocenters. The number of nitrogens with zero attached hydrogens (tertiary/aromatic N) is 1. The summed E-state index contributed by atoms with van der Waals surface area (Å²) in [7, 11) is 0.984. The molecule has 0 saturated carbocycles. The summed E-state index contributed by atoms with van der Waals surface area (Å²) < 4.78 is 15.8. The van der Waals surface area contributed by atoms with Gasteiger partial charge in [-0.25, -0.2) is 4.79 Å². The summed E-state index contributed by atoms with van der Waals surface area (Å²) in [5, 5.41) is 39.5. The number of ether oxygens (including phenoxy) is 3. The van der Waals surface area contributed by atoms with Gasteiger partial charge in [0.1, 0.15) is 6.29 Å². The molecule has 1 aromatic rings. The summed E-state index contributed by atoms with van der Waals surface area (Å²) in [5.41, 5.74) is -0.720. The molecule has 14 heteroatoms. The van der Waals surface area contributed by atoms with Gasteiger partial charge in [-0.3, -0.25) is 29.3 Å². The van der Waals surface area contributed by atoms with E-state index in [9.17, 15) is 49.4 Å². The van der Waals surface area contributed by atoms with Crippen molar-refractivity contribution in [1.82, 2.24) is 0 Å². The van der Waals surface area contributed by atoms with Gasteiger partial charge in [0.25, 0.3) is 0 Å². The maximum Gasteiger partial charge on any atom is 0.335 e. The van der Waals surface area contributed by atoms with Crippen LogP contribution in [0.4, 0.5) is 5.69 Å². The smallest absolute Gasteiger partial charge is 0.335 e. The largest absolute Gasteiger partial charge is 0.481 e. The first-order valence-electron chi connectivity index (χ1n) is 9.77. The van der Waals surface area contributed by atoms with E-state index in [4.69, 9.17) is 9.47 Å². The zero-order chi connectivity index (χ0) is 25.6. The van der Waals surface area contributed by atoms with E-state index < -0.39 is 89.6 Å². The van der Waals surface area contributed by atoms with Crippen molar-refractivity contribution in [3.8, 4) is 5.75 Å². The first kappa shape index (κ1) is 26.2. The normalized spacial score (nSPS) is 24.0. The van der Waals surface area contributed by atoms with Gasteiger partial charge in [-0.2, -0.15) is 0 Å². The molecule has 0 aromatic heterocycles. The van der Waals surface area contributed by atoms with E-state index in [1.165, 1.54) is 6.07 Å². The number of benzene rings is 1. The number of rotatable bonds is 11. The highest BCUT2D eigenvalue weighted by Gasteiger charge is 2.52. The molecule has 3 N–H and O–H groups in total. The van der Waals surface area contributed by atoms with Gasteiger partial charge in [0.2, 0.25) is 6.29 Å². The first-order valence-corrected chi connectivity index (χ1v) is 9.77. The molecule has 1 fully saturated rings. The van der Waals surface area contributed by atoms with Crippen LogP contribution in [0.15, 0.2) is 18.2 Å². The Balaban J connectivity index is 2.59. The monoisotopic (exact) mass is 483 g/mol. The van der Waals surface area contributed by atoms with Gasteiger partial charge in [0.05, 0.1) is 24.9 Å². The second kappa shape index (κ2) is 11.2. The van der Waals surface area contributed by atoms with Crippen LogP contribution in [0.5, 0.6) is 5.75 Å². The third-order valence-electron chi connectivity index (χ3n) is 5.34. The van der Waals surface area contributed by atoms with Crippen LogP contribution in [-0.2, 0) is 28.7 Å². The number of carboxylic acids is 3. The fourth-order valence-corrected chi connectivity index (χ4v) is 3.94. The fourth-order valence-electron chi connectivity index (χ4n) is 3.94. The SMILES string of the molecule is COC(=O)[C@H]1O[C@@H](Oc2ccc(C=O)cc2[N+](=O)[O-])[C@H](CC(=O)O)[C@@H](CC(=O)O)[C@@H]1CC(=O)O. The molecular weight excluding hydrogens is 462 g/mol. The van der Waals surface area contributed by atoms with Crippen molar-refractivity contribution in [2.45, 2.75) is 31.7 Å². The van der Waals surface area contributed by atoms with Crippen molar-refractivity contribution in [3.63, 3.8) is 0 Å². The highest BCUT2D eigenvalue weighted by molar-refractivity contribution is 5.78. The van der Waals surface area contributed by atoms with Crippen LogP contribution in [0, 0.1) is 27.9 Å². The zero-order valence-electron chi connectivity index (χ0n) is 17.7. The van der Waals surface area contributed by atoms with E-state index in [1.807, 2.05) is 0 Å². The lowest BCUT2D eigenvalue weighted by atomic mass is 9.71. The molecule has 1 aromatic carbocycles. The molecule has 34 heavy (non-hydrogen) atoms. The topological polar surface area (TPSA) is 217 Å². The van der Waals surface area contributed by atoms with Gasteiger partial charge in [-0.05, 0) is 18.1 Å². The molecular formula is C20H21NO13. The Hall–Kier alpha value is -4.07. The molecule has 0 spiro atoms. The maximum atomic E-state index is 12.4. The third kappa shape index (κ3) is 6.25. The summed E-state index contributed by atoms with van der Waals surface area (Å²) >= 11 is 0. The second-order valence-corrected chi connectivity index (χ2v) is 7.45. The van der Waals surface area contributed by atoms with Crippen LogP contribution in [0.1, 0.15) is 29.6 Å². The average Bonchev–Trinajstić information content (AvgIpc) is 2.76. The molecule has 1 saturated heterocycles. The van der Waals surface area contributed by atoms with Gasteiger partial charge >= 0.3 is 29.6 Å². The fraction of sp³-hybridized carbons (Fsp3) is 0.450. The summed E-state index contributed by atoms with van der Waals surface area (Å²) in [6.07, 6.45) is -5.24. The predicted octanol–water partition coefficient (Wildman–Crippen LogP) is 0.957. The molecule has 0 amide bonds. The lowest BCUT2D eigenvalue weighted by molar-refractivity contribution is -0.386. The Labute approximate surface area is 191 Å². The Bertz CT molecular complexity index is 991. The van der Waals surface area contributed by atoms with Gasteiger partial charge < -0.3 is 29.5 Å². The van der Waals surface area contributed by atoms with Crippen LogP contribution in [0.3, 0.4) is 0 Å². The lowest BCUT2D eigenvalue weighted by Gasteiger charge is -2.44. The standard InChI is InChI=1S/C20H21NO13/c1-32-19(29)18-11(6-16(25)26)10(5-15(23)24)12(7-17(27)28)20(34-18)33-14-3-2-9(8-22)4-13(14)21(30)31/h2-4,8,10-12,18,20H,5-7H2,1H3,(H,23,24)(H,25,26)(H,27,28)/t10-,11-,12+,18-,20+/m0/s1. The van der Waals surface area contributed by atoms with E-state index >= 15 is 0 Å². The molecule has 0 radical (unpaired) electrons. The number of carboxylic acid groups (broad SMARTS) is 3. The Morgan fingerprint density at radius 2 is 1.59 bits per heavy atom. The molecule has 184 valence electrons. The van der Waals surface area contributed by atoms with Crippen molar-refractivity contribution in [1.29, 1.82) is 0 Å². The number of hydrogen-bond donors (Lipinski definition) is 3. The van der Waals surface area contributed by atoms with Crippen molar-refractivity contribution in [2.24, 2.45) is 17.8 Å². The van der Waals surface area contributed by atoms with Gasteiger partial charge in [-0.15, -0.1) is 0 Å². The Kier molecular flexibility index (Phi) is 8.61. The first-order chi connectivity index (χ1) is 16.0. The van der Waals surface area contributed by atoms with Crippen LogP contribution in [0.25, 0.3) is 0 Å². The van der Waals surface area contributed by atoms with E-state index in [0.717, 1.165) is 19.2 Å². The van der Waals surface area contributed by atoms with Crippen molar-refractivity contribution >= 4 is 35.9 Å². The Morgan fingerprint density at radius 3 is 2.09 bits per heavy atom. The number of aliphatic carboxylic acids is 3. The van der Waals surface area contributed by atoms with E-state index in [-0.39, 0.29) is 5.56 Å². The summed E-state index contributed by atoms with van der Waals surface area (Å²) in [6.45, 7) is 0. The maximum absolute atomic E-state index is 12.4. The minimum absolute atomic E-state index is 0.0524. The zero-order valence-corrected chi connectivity index (χ0v) is 17.7. The quantitative estimate of drug-likeness (QED) is 0.173. The molecule has 14 nitrogen and oxygen atoms in total. The van der Waals surface area contributed by atoms with Gasteiger partial charge in [-0.1, -0.05) is 0 Å². The highest BCUT2D eigenvalue weighted by atomic mass is 16.7. The van der Waals surface area contributed by atoms with Crippen LogP contribution in [-0.4, -0.2) is 69.9 Å². The van der Waals surface area contributed by atoms with Crippen LogP contribution >= 0.6 is 0 Å². The molecule has 0 aliphatic carbocycles. The van der Waals surface area contributed by atoms with Crippen LogP contribution < -0.4 is 4.74 Å². The molecule has 1 aliphatic heterocycles. The van der Waals surface area contributed by atoms with Crippen molar-refractivity contribution < 1.29 is 58.4 Å². The average molecular weight is 483 g/mol. The summed E-state index contributed by atoms with van der Waals surface area (Å²) in [5.74, 6) is -9.57. The second-order valence-electron chi connectivity index (χ2n) is 7.45. The number of nitro groups is 1. The molecule has 2 rings (SSSR count). The number of carbonyl (C=O) groups is 5. The third-order valence-corrected chi connectivity index (χ3v) is 5.34. The molecule has 0 bridgehead atoms. The van der Waals surface area contributed by atoms with Crippen molar-refractivity contribution in [3.05, 3.63) is 33.9 Å². The number of esters is 1.